The molecule has 0 aliphatic rings. The molecule has 0 saturated carbocycles. The van der Waals surface area contributed by atoms with Crippen LogP contribution in [0, 0.1) is 0 Å². The lowest BCUT2D eigenvalue weighted by Crippen LogP contribution is -2.23. The average Bonchev–Trinajstić information content (AvgIpc) is 3.13. The standard InChI is InChI=1S/C17H15ClN4O2/c18-14-5-3-12(4-6-14)8-19-16(23)13-9-20-17(21-10-13)22-11-15-2-1-7-24-15/h1-7,9-10H,8,11H2,(H,19,23)(H,20,21,22). The van der Waals surface area contributed by atoms with E-state index in [-0.39, 0.29) is 5.91 Å². The first-order valence-electron chi connectivity index (χ1n) is 7.31. The first-order chi connectivity index (χ1) is 11.7. The predicted molar refractivity (Wildman–Crippen MR) is 90.7 cm³/mol. The van der Waals surface area contributed by atoms with Gasteiger partial charge in [0.1, 0.15) is 5.76 Å². The van der Waals surface area contributed by atoms with E-state index in [9.17, 15) is 4.79 Å². The molecule has 0 radical (unpaired) electrons. The van der Waals surface area contributed by atoms with E-state index in [4.69, 9.17) is 16.0 Å². The summed E-state index contributed by atoms with van der Waals surface area (Å²) in [6, 6.07) is 11.0. The highest BCUT2D eigenvalue weighted by atomic mass is 35.5. The Kier molecular flexibility index (Phi) is 5.08. The molecule has 0 fully saturated rings. The van der Waals surface area contributed by atoms with Crippen LogP contribution in [-0.4, -0.2) is 15.9 Å². The van der Waals surface area contributed by atoms with Gasteiger partial charge in [-0.1, -0.05) is 23.7 Å². The lowest BCUT2D eigenvalue weighted by Gasteiger charge is -2.06. The van der Waals surface area contributed by atoms with Crippen molar-refractivity contribution >= 4 is 23.5 Å². The van der Waals surface area contributed by atoms with Crippen molar-refractivity contribution in [2.45, 2.75) is 13.1 Å². The fraction of sp³-hybridized carbons (Fsp3) is 0.118. The van der Waals surface area contributed by atoms with Crippen molar-refractivity contribution in [3.05, 3.63) is 77.0 Å². The molecule has 0 saturated heterocycles. The number of carbonyl (C=O) groups excluding carboxylic acids is 1. The zero-order chi connectivity index (χ0) is 16.8. The van der Waals surface area contributed by atoms with Gasteiger partial charge in [-0.05, 0) is 29.8 Å². The minimum atomic E-state index is -0.234. The van der Waals surface area contributed by atoms with Gasteiger partial charge in [0.25, 0.3) is 5.91 Å². The molecule has 24 heavy (non-hydrogen) atoms. The third-order valence-electron chi connectivity index (χ3n) is 3.28. The lowest BCUT2D eigenvalue weighted by molar-refractivity contribution is 0.0950. The fourth-order valence-electron chi connectivity index (χ4n) is 2.00. The molecule has 0 aliphatic heterocycles. The number of nitrogens with one attached hydrogen (secondary N) is 2. The third kappa shape index (κ3) is 4.33. The Hall–Kier alpha value is -2.86. The minimum Gasteiger partial charge on any atom is -0.467 e. The average molecular weight is 343 g/mol. The number of amides is 1. The van der Waals surface area contributed by atoms with Crippen molar-refractivity contribution in [3.63, 3.8) is 0 Å². The Bertz CT molecular complexity index is 786. The van der Waals surface area contributed by atoms with E-state index in [2.05, 4.69) is 20.6 Å². The highest BCUT2D eigenvalue weighted by Gasteiger charge is 2.07. The van der Waals surface area contributed by atoms with Crippen molar-refractivity contribution in [1.82, 2.24) is 15.3 Å². The maximum Gasteiger partial charge on any atom is 0.254 e. The number of anilines is 1. The van der Waals surface area contributed by atoms with Crippen molar-refractivity contribution in [2.24, 2.45) is 0 Å². The van der Waals surface area contributed by atoms with Crippen LogP contribution >= 0.6 is 11.6 Å². The smallest absolute Gasteiger partial charge is 0.254 e. The summed E-state index contributed by atoms with van der Waals surface area (Å²) in [7, 11) is 0. The number of furan rings is 1. The summed E-state index contributed by atoms with van der Waals surface area (Å²) in [5, 5.41) is 6.49. The summed E-state index contributed by atoms with van der Waals surface area (Å²) in [4.78, 5) is 20.3. The maximum absolute atomic E-state index is 12.1. The van der Waals surface area contributed by atoms with Gasteiger partial charge in [0.05, 0.1) is 18.4 Å². The SMILES string of the molecule is O=C(NCc1ccc(Cl)cc1)c1cnc(NCc2ccco2)nc1. The molecule has 3 aromatic rings. The number of nitrogens with zero attached hydrogens (tertiary/aromatic N) is 2. The summed E-state index contributed by atoms with van der Waals surface area (Å²) in [6.45, 7) is 0.892. The van der Waals surface area contributed by atoms with E-state index in [1.165, 1.54) is 12.4 Å². The quantitative estimate of drug-likeness (QED) is 0.718. The van der Waals surface area contributed by atoms with Crippen LogP contribution in [0.3, 0.4) is 0 Å². The van der Waals surface area contributed by atoms with Gasteiger partial charge in [-0.15, -0.1) is 0 Å². The molecule has 6 nitrogen and oxygen atoms in total. The van der Waals surface area contributed by atoms with Gasteiger partial charge in [0.15, 0.2) is 0 Å². The predicted octanol–water partition coefficient (Wildman–Crippen LogP) is 3.27. The molecule has 0 spiro atoms. The molecule has 0 aliphatic carbocycles. The van der Waals surface area contributed by atoms with Gasteiger partial charge in [-0.3, -0.25) is 4.79 Å². The van der Waals surface area contributed by atoms with Gasteiger partial charge >= 0.3 is 0 Å². The second-order valence-electron chi connectivity index (χ2n) is 5.04. The summed E-state index contributed by atoms with van der Waals surface area (Å²) >= 11 is 5.83. The van der Waals surface area contributed by atoms with E-state index in [1.807, 2.05) is 24.3 Å². The molecule has 2 aromatic heterocycles. The third-order valence-corrected chi connectivity index (χ3v) is 3.53. The summed E-state index contributed by atoms with van der Waals surface area (Å²) in [5.41, 5.74) is 1.36. The Morgan fingerprint density at radius 2 is 1.83 bits per heavy atom. The molecule has 2 heterocycles. The van der Waals surface area contributed by atoms with E-state index in [1.54, 1.807) is 18.4 Å². The maximum atomic E-state index is 12.1. The Balaban J connectivity index is 1.52. The topological polar surface area (TPSA) is 80.0 Å². The molecule has 2 N–H and O–H groups in total. The van der Waals surface area contributed by atoms with Gasteiger partial charge < -0.3 is 15.1 Å². The van der Waals surface area contributed by atoms with Crippen molar-refractivity contribution in [3.8, 4) is 0 Å². The van der Waals surface area contributed by atoms with E-state index in [0.717, 1.165) is 11.3 Å². The van der Waals surface area contributed by atoms with Crippen LogP contribution in [-0.2, 0) is 13.1 Å². The number of benzene rings is 1. The van der Waals surface area contributed by atoms with E-state index >= 15 is 0 Å². The van der Waals surface area contributed by atoms with Gasteiger partial charge in [0, 0.05) is 24.0 Å². The van der Waals surface area contributed by atoms with Crippen LogP contribution in [0.5, 0.6) is 0 Å². The number of hydrogen-bond donors (Lipinski definition) is 2. The van der Waals surface area contributed by atoms with E-state index < -0.39 is 0 Å². The van der Waals surface area contributed by atoms with Crippen LogP contribution in [0.1, 0.15) is 21.7 Å². The first kappa shape index (κ1) is 16.0. The number of aromatic nitrogens is 2. The molecule has 1 amide bonds. The molecule has 3 rings (SSSR count). The van der Waals surface area contributed by atoms with Crippen molar-refractivity contribution < 1.29 is 9.21 Å². The number of hydrogen-bond acceptors (Lipinski definition) is 5. The molecule has 0 atom stereocenters. The molecule has 7 heteroatoms. The molecular formula is C17H15ClN4O2. The molecular weight excluding hydrogens is 328 g/mol. The van der Waals surface area contributed by atoms with Crippen molar-refractivity contribution in [1.29, 1.82) is 0 Å². The molecule has 0 bridgehead atoms. The monoisotopic (exact) mass is 342 g/mol. The van der Waals surface area contributed by atoms with Gasteiger partial charge in [0.2, 0.25) is 5.95 Å². The summed E-state index contributed by atoms with van der Waals surface area (Å²) < 4.78 is 5.21. The van der Waals surface area contributed by atoms with E-state index in [0.29, 0.717) is 29.6 Å². The first-order valence-corrected chi connectivity index (χ1v) is 7.69. The fourth-order valence-corrected chi connectivity index (χ4v) is 2.13. The van der Waals surface area contributed by atoms with Crippen LogP contribution in [0.25, 0.3) is 0 Å². The second-order valence-corrected chi connectivity index (χ2v) is 5.47. The highest BCUT2D eigenvalue weighted by Crippen LogP contribution is 2.09. The van der Waals surface area contributed by atoms with Crippen LogP contribution < -0.4 is 10.6 Å². The normalized spacial score (nSPS) is 10.4. The number of carbonyl (C=O) groups is 1. The van der Waals surface area contributed by atoms with Gasteiger partial charge in [-0.25, -0.2) is 9.97 Å². The Labute approximate surface area is 143 Å². The Morgan fingerprint density at radius 1 is 1.08 bits per heavy atom. The molecule has 1 aromatic carbocycles. The zero-order valence-electron chi connectivity index (χ0n) is 12.7. The van der Waals surface area contributed by atoms with Crippen LogP contribution in [0.15, 0.2) is 59.5 Å². The molecule has 122 valence electrons. The Morgan fingerprint density at radius 3 is 2.50 bits per heavy atom. The van der Waals surface area contributed by atoms with Crippen molar-refractivity contribution in [2.75, 3.05) is 5.32 Å². The van der Waals surface area contributed by atoms with Crippen LogP contribution in [0.4, 0.5) is 5.95 Å². The lowest BCUT2D eigenvalue weighted by atomic mass is 10.2. The van der Waals surface area contributed by atoms with Gasteiger partial charge in [-0.2, -0.15) is 0 Å². The van der Waals surface area contributed by atoms with Crippen LogP contribution in [0.2, 0.25) is 5.02 Å². The second kappa shape index (κ2) is 7.61. The molecule has 0 unspecified atom stereocenters. The largest absolute Gasteiger partial charge is 0.467 e. The number of rotatable bonds is 6. The highest BCUT2D eigenvalue weighted by molar-refractivity contribution is 6.30. The minimum absolute atomic E-state index is 0.234. The summed E-state index contributed by atoms with van der Waals surface area (Å²) in [5.74, 6) is 0.978. The summed E-state index contributed by atoms with van der Waals surface area (Å²) in [6.07, 6.45) is 4.56. The number of halogens is 1. The zero-order valence-corrected chi connectivity index (χ0v) is 13.5.